The van der Waals surface area contributed by atoms with Crippen LogP contribution in [0.5, 0.6) is 0 Å². The third-order valence-electron chi connectivity index (χ3n) is 1.41. The van der Waals surface area contributed by atoms with E-state index in [4.69, 9.17) is 27.9 Å². The highest BCUT2D eigenvalue weighted by Crippen LogP contribution is 1.91. The molecule has 0 aliphatic heterocycles. The minimum atomic E-state index is 0.653. The third-order valence-corrected chi connectivity index (χ3v) is 1.75. The first kappa shape index (κ1) is 11.5. The second-order valence-electron chi connectivity index (χ2n) is 2.21. The lowest BCUT2D eigenvalue weighted by Gasteiger charge is -2.18. The van der Waals surface area contributed by atoms with Crippen molar-refractivity contribution >= 4 is 23.2 Å². The molecule has 0 rings (SSSR count). The highest BCUT2D eigenvalue weighted by Gasteiger charge is 2.01. The zero-order chi connectivity index (χ0) is 8.53. The van der Waals surface area contributed by atoms with Gasteiger partial charge in [0, 0.05) is 38.5 Å². The summed E-state index contributed by atoms with van der Waals surface area (Å²) in [7, 11) is 1.69. The summed E-state index contributed by atoms with van der Waals surface area (Å²) >= 11 is 11.2. The van der Waals surface area contributed by atoms with Crippen LogP contribution in [-0.2, 0) is 4.74 Å². The molecular weight excluding hydrogens is 185 g/mol. The highest BCUT2D eigenvalue weighted by atomic mass is 35.5. The van der Waals surface area contributed by atoms with Crippen LogP contribution in [-0.4, -0.2) is 50.0 Å². The van der Waals surface area contributed by atoms with Crippen molar-refractivity contribution < 1.29 is 4.74 Å². The molecule has 0 aliphatic rings. The molecule has 0 heterocycles. The maximum atomic E-state index is 5.59. The fourth-order valence-corrected chi connectivity index (χ4v) is 1.27. The smallest absolute Gasteiger partial charge is 0.0589 e. The second-order valence-corrected chi connectivity index (χ2v) is 2.97. The third kappa shape index (κ3) is 6.88. The molecule has 68 valence electrons. The van der Waals surface area contributed by atoms with E-state index in [0.29, 0.717) is 11.8 Å². The van der Waals surface area contributed by atoms with Gasteiger partial charge in [-0.3, -0.25) is 4.90 Å². The largest absolute Gasteiger partial charge is 0.383 e. The normalized spacial score (nSPS) is 10.9. The van der Waals surface area contributed by atoms with E-state index in [1.54, 1.807) is 7.11 Å². The van der Waals surface area contributed by atoms with E-state index in [9.17, 15) is 0 Å². The van der Waals surface area contributed by atoms with Crippen molar-refractivity contribution in [1.29, 1.82) is 0 Å². The van der Waals surface area contributed by atoms with Gasteiger partial charge in [-0.2, -0.15) is 0 Å². The standard InChI is InChI=1S/C7H15Cl2NO/c1-11-7-6-10(4-2-8)5-3-9/h2-7H2,1H3. The van der Waals surface area contributed by atoms with Crippen molar-refractivity contribution in [3.63, 3.8) is 0 Å². The van der Waals surface area contributed by atoms with Gasteiger partial charge in [0.2, 0.25) is 0 Å². The summed E-state index contributed by atoms with van der Waals surface area (Å²) in [6, 6.07) is 0. The Hall–Kier alpha value is 0.500. The fraction of sp³-hybridized carbons (Fsp3) is 1.00. The van der Waals surface area contributed by atoms with Crippen LogP contribution in [0.2, 0.25) is 0 Å². The SMILES string of the molecule is COCCN(CCCl)CCCl. The number of ether oxygens (including phenoxy) is 1. The van der Waals surface area contributed by atoms with Crippen LogP contribution in [0.1, 0.15) is 0 Å². The molecule has 0 aromatic rings. The molecule has 4 heteroatoms. The Morgan fingerprint density at radius 3 is 2.00 bits per heavy atom. The van der Waals surface area contributed by atoms with Gasteiger partial charge in [0.25, 0.3) is 0 Å². The fourth-order valence-electron chi connectivity index (χ4n) is 0.795. The summed E-state index contributed by atoms with van der Waals surface area (Å²) < 4.78 is 4.94. The van der Waals surface area contributed by atoms with E-state index in [2.05, 4.69) is 4.90 Å². The van der Waals surface area contributed by atoms with Gasteiger partial charge in [0.15, 0.2) is 0 Å². The summed E-state index contributed by atoms with van der Waals surface area (Å²) in [6.45, 7) is 3.43. The van der Waals surface area contributed by atoms with E-state index < -0.39 is 0 Å². The van der Waals surface area contributed by atoms with Gasteiger partial charge < -0.3 is 4.74 Å². The number of nitrogens with zero attached hydrogens (tertiary/aromatic N) is 1. The molecule has 0 radical (unpaired) electrons. The van der Waals surface area contributed by atoms with Gasteiger partial charge in [-0.05, 0) is 0 Å². The Kier molecular flexibility index (Phi) is 8.99. The highest BCUT2D eigenvalue weighted by molar-refractivity contribution is 6.18. The van der Waals surface area contributed by atoms with Crippen LogP contribution >= 0.6 is 23.2 Å². The minimum absolute atomic E-state index is 0.653. The van der Waals surface area contributed by atoms with Gasteiger partial charge >= 0.3 is 0 Å². The average Bonchev–Trinajstić information content (AvgIpc) is 2.01. The molecule has 0 bridgehead atoms. The van der Waals surface area contributed by atoms with Gasteiger partial charge in [-0.15, -0.1) is 23.2 Å². The molecule has 0 saturated heterocycles. The van der Waals surface area contributed by atoms with Crippen LogP contribution in [0.4, 0.5) is 0 Å². The van der Waals surface area contributed by atoms with Gasteiger partial charge in [0.1, 0.15) is 0 Å². The lowest BCUT2D eigenvalue weighted by atomic mass is 10.5. The number of rotatable bonds is 7. The van der Waals surface area contributed by atoms with Gasteiger partial charge in [0.05, 0.1) is 6.61 Å². The van der Waals surface area contributed by atoms with Crippen LogP contribution < -0.4 is 0 Å². The maximum absolute atomic E-state index is 5.59. The first-order chi connectivity index (χ1) is 5.35. The van der Waals surface area contributed by atoms with E-state index in [1.807, 2.05) is 0 Å². The predicted octanol–water partition coefficient (Wildman–Crippen LogP) is 1.41. The zero-order valence-corrected chi connectivity index (χ0v) is 8.37. The molecule has 0 amide bonds. The summed E-state index contributed by atoms with van der Waals surface area (Å²) in [5.41, 5.74) is 0. The van der Waals surface area contributed by atoms with Crippen molar-refractivity contribution in [3.05, 3.63) is 0 Å². The first-order valence-electron chi connectivity index (χ1n) is 3.68. The Morgan fingerprint density at radius 1 is 1.09 bits per heavy atom. The molecule has 0 aromatic carbocycles. The molecule has 0 unspecified atom stereocenters. The molecule has 0 aliphatic carbocycles. The Balaban J connectivity index is 3.34. The van der Waals surface area contributed by atoms with E-state index in [-0.39, 0.29) is 0 Å². The monoisotopic (exact) mass is 199 g/mol. The van der Waals surface area contributed by atoms with Crippen LogP contribution in [0.15, 0.2) is 0 Å². The summed E-state index contributed by atoms with van der Waals surface area (Å²) in [6.07, 6.45) is 0. The van der Waals surface area contributed by atoms with Gasteiger partial charge in [-0.25, -0.2) is 0 Å². The molecule has 11 heavy (non-hydrogen) atoms. The number of methoxy groups -OCH3 is 1. The van der Waals surface area contributed by atoms with Crippen molar-refractivity contribution in [3.8, 4) is 0 Å². The van der Waals surface area contributed by atoms with E-state index >= 15 is 0 Å². The lowest BCUT2D eigenvalue weighted by molar-refractivity contribution is 0.155. The number of hydrogen-bond acceptors (Lipinski definition) is 2. The maximum Gasteiger partial charge on any atom is 0.0589 e. The number of alkyl halides is 2. The minimum Gasteiger partial charge on any atom is -0.383 e. The first-order valence-corrected chi connectivity index (χ1v) is 4.75. The van der Waals surface area contributed by atoms with Crippen LogP contribution in [0.3, 0.4) is 0 Å². The second kappa shape index (κ2) is 8.60. The predicted molar refractivity (Wildman–Crippen MR) is 49.8 cm³/mol. The Morgan fingerprint density at radius 2 is 1.64 bits per heavy atom. The number of hydrogen-bond donors (Lipinski definition) is 0. The molecule has 0 aromatic heterocycles. The Bertz CT molecular complexity index is 76.8. The zero-order valence-electron chi connectivity index (χ0n) is 6.85. The molecule has 0 atom stereocenters. The molecule has 0 N–H and O–H groups in total. The summed E-state index contributed by atoms with van der Waals surface area (Å²) in [4.78, 5) is 2.18. The molecule has 0 spiro atoms. The molecule has 0 fully saturated rings. The number of halogens is 2. The summed E-state index contributed by atoms with van der Waals surface area (Å²) in [5.74, 6) is 1.31. The molecule has 2 nitrogen and oxygen atoms in total. The van der Waals surface area contributed by atoms with Crippen molar-refractivity contribution in [2.45, 2.75) is 0 Å². The van der Waals surface area contributed by atoms with Crippen molar-refractivity contribution in [1.82, 2.24) is 4.90 Å². The average molecular weight is 200 g/mol. The van der Waals surface area contributed by atoms with Crippen LogP contribution in [0.25, 0.3) is 0 Å². The summed E-state index contributed by atoms with van der Waals surface area (Å²) in [5, 5.41) is 0. The van der Waals surface area contributed by atoms with E-state index in [0.717, 1.165) is 26.2 Å². The van der Waals surface area contributed by atoms with E-state index in [1.165, 1.54) is 0 Å². The molecule has 0 saturated carbocycles. The van der Waals surface area contributed by atoms with Crippen molar-refractivity contribution in [2.24, 2.45) is 0 Å². The quantitative estimate of drug-likeness (QED) is 0.576. The van der Waals surface area contributed by atoms with Crippen molar-refractivity contribution in [2.75, 3.05) is 45.1 Å². The Labute approximate surface area is 78.4 Å². The van der Waals surface area contributed by atoms with Crippen LogP contribution in [0, 0.1) is 0 Å². The topological polar surface area (TPSA) is 12.5 Å². The molecular formula is C7H15Cl2NO. The lowest BCUT2D eigenvalue weighted by Crippen LogP contribution is -2.31. The van der Waals surface area contributed by atoms with Gasteiger partial charge in [-0.1, -0.05) is 0 Å².